The molecule has 0 amide bonds. The maximum atomic E-state index is 13.4. The molecule has 0 N–H and O–H groups in total. The Morgan fingerprint density at radius 3 is 2.75 bits per heavy atom. The first-order valence-corrected chi connectivity index (χ1v) is 6.22. The first kappa shape index (κ1) is 14.6. The van der Waals surface area contributed by atoms with Crippen LogP contribution in [-0.2, 0) is 16.0 Å². The van der Waals surface area contributed by atoms with Gasteiger partial charge in [-0.15, -0.1) is 0 Å². The van der Waals surface area contributed by atoms with Gasteiger partial charge in [0.15, 0.2) is 11.2 Å². The molecule has 0 aliphatic heterocycles. The number of benzene rings is 1. The number of carbonyl (C=O) groups excluding carboxylic acids is 2. The Morgan fingerprint density at radius 2 is 2.15 bits per heavy atom. The lowest BCUT2D eigenvalue weighted by Crippen LogP contribution is -2.45. The molecule has 0 radical (unpaired) electrons. The van der Waals surface area contributed by atoms with Crippen LogP contribution in [0.3, 0.4) is 0 Å². The Hall–Kier alpha value is -1.85. The molecule has 1 aromatic carbocycles. The van der Waals surface area contributed by atoms with Crippen LogP contribution in [0.1, 0.15) is 29.3 Å². The van der Waals surface area contributed by atoms with E-state index >= 15 is 0 Å². The number of ether oxygens (including phenoxy) is 1. The van der Waals surface area contributed by atoms with E-state index in [1.54, 1.807) is 6.92 Å². The van der Waals surface area contributed by atoms with Gasteiger partial charge < -0.3 is 4.74 Å². The molecule has 6 heteroatoms. The Labute approximate surface area is 113 Å². The number of alkyl halides is 2. The predicted molar refractivity (Wildman–Crippen MR) is 64.1 cm³/mol. The van der Waals surface area contributed by atoms with Crippen molar-refractivity contribution in [3.63, 3.8) is 0 Å². The average molecular weight is 286 g/mol. The number of fused-ring (bicyclic) bond motifs is 1. The summed E-state index contributed by atoms with van der Waals surface area (Å²) in [5.41, 5.74) is -2.46. The molecule has 0 bridgehead atoms. The van der Waals surface area contributed by atoms with Gasteiger partial charge in [0.05, 0.1) is 6.61 Å². The first-order chi connectivity index (χ1) is 9.43. The van der Waals surface area contributed by atoms with Crippen molar-refractivity contribution in [1.82, 2.24) is 0 Å². The van der Waals surface area contributed by atoms with Gasteiger partial charge in [0.25, 0.3) is 6.43 Å². The third-order valence-corrected chi connectivity index (χ3v) is 3.36. The molecule has 1 aliphatic rings. The molecule has 108 valence electrons. The van der Waals surface area contributed by atoms with Crippen LogP contribution in [-0.4, -0.2) is 24.8 Å². The second kappa shape index (κ2) is 5.26. The summed E-state index contributed by atoms with van der Waals surface area (Å²) in [6.45, 7) is 1.67. The van der Waals surface area contributed by atoms with Crippen LogP contribution < -0.4 is 0 Å². The second-order valence-corrected chi connectivity index (χ2v) is 4.72. The van der Waals surface area contributed by atoms with E-state index in [9.17, 15) is 22.8 Å². The molecule has 1 aromatic rings. The van der Waals surface area contributed by atoms with Gasteiger partial charge in [-0.2, -0.15) is 0 Å². The summed E-state index contributed by atoms with van der Waals surface area (Å²) in [4.78, 5) is 24.1. The maximum Gasteiger partial charge on any atom is 0.326 e. The highest BCUT2D eigenvalue weighted by Gasteiger charge is 2.59. The van der Waals surface area contributed by atoms with Gasteiger partial charge in [0, 0.05) is 12.0 Å². The van der Waals surface area contributed by atoms with E-state index in [1.165, 1.54) is 0 Å². The van der Waals surface area contributed by atoms with E-state index in [0.717, 1.165) is 18.2 Å². The fourth-order valence-electron chi connectivity index (χ4n) is 2.30. The molecule has 2 rings (SSSR count). The molecule has 0 fully saturated rings. The zero-order valence-corrected chi connectivity index (χ0v) is 10.8. The molecule has 0 saturated heterocycles. The number of hydrogen-bond acceptors (Lipinski definition) is 3. The van der Waals surface area contributed by atoms with Crippen molar-refractivity contribution >= 4 is 11.8 Å². The normalized spacial score (nSPS) is 21.1. The first-order valence-electron chi connectivity index (χ1n) is 6.22. The maximum absolute atomic E-state index is 13.4. The van der Waals surface area contributed by atoms with E-state index in [2.05, 4.69) is 0 Å². The molecule has 20 heavy (non-hydrogen) atoms. The highest BCUT2D eigenvalue weighted by atomic mass is 19.3. The zero-order chi connectivity index (χ0) is 14.9. The molecular formula is C14H13F3O3. The lowest BCUT2D eigenvalue weighted by molar-refractivity contribution is -0.160. The number of esters is 1. The summed E-state index contributed by atoms with van der Waals surface area (Å²) in [7, 11) is 0. The fraction of sp³-hybridized carbons (Fsp3) is 0.429. The van der Waals surface area contributed by atoms with Crippen LogP contribution in [0.4, 0.5) is 13.2 Å². The fourth-order valence-corrected chi connectivity index (χ4v) is 2.30. The summed E-state index contributed by atoms with van der Waals surface area (Å²) < 4.78 is 44.6. The van der Waals surface area contributed by atoms with Gasteiger partial charge >= 0.3 is 5.97 Å². The molecule has 0 heterocycles. The molecule has 0 aromatic heterocycles. The smallest absolute Gasteiger partial charge is 0.326 e. The van der Waals surface area contributed by atoms with Crippen molar-refractivity contribution in [2.24, 2.45) is 5.41 Å². The Morgan fingerprint density at radius 1 is 1.45 bits per heavy atom. The summed E-state index contributed by atoms with van der Waals surface area (Å²) in [5, 5.41) is 0. The van der Waals surface area contributed by atoms with Gasteiger partial charge in [0.2, 0.25) is 0 Å². The summed E-state index contributed by atoms with van der Waals surface area (Å²) in [6.07, 6.45) is -3.27. The third-order valence-electron chi connectivity index (χ3n) is 3.36. The largest absolute Gasteiger partial charge is 0.465 e. The molecule has 1 aliphatic carbocycles. The van der Waals surface area contributed by atoms with E-state index in [1.807, 2.05) is 0 Å². The van der Waals surface area contributed by atoms with Gasteiger partial charge in [-0.1, -0.05) is 6.92 Å². The van der Waals surface area contributed by atoms with E-state index in [-0.39, 0.29) is 17.7 Å². The predicted octanol–water partition coefficient (Wildman–Crippen LogP) is 2.77. The van der Waals surface area contributed by atoms with Crippen molar-refractivity contribution in [2.45, 2.75) is 26.2 Å². The van der Waals surface area contributed by atoms with Crippen LogP contribution in [0.15, 0.2) is 18.2 Å². The molecular weight excluding hydrogens is 273 g/mol. The number of halogens is 3. The minimum Gasteiger partial charge on any atom is -0.465 e. The molecule has 1 atom stereocenters. The average Bonchev–Trinajstić information content (AvgIpc) is 2.69. The van der Waals surface area contributed by atoms with Crippen LogP contribution in [0.5, 0.6) is 0 Å². The monoisotopic (exact) mass is 286 g/mol. The molecule has 0 spiro atoms. The number of ketones is 1. The van der Waals surface area contributed by atoms with Gasteiger partial charge in [-0.25, -0.2) is 13.2 Å². The molecule has 3 nitrogen and oxygen atoms in total. The zero-order valence-electron chi connectivity index (χ0n) is 10.8. The van der Waals surface area contributed by atoms with Crippen molar-refractivity contribution in [1.29, 1.82) is 0 Å². The van der Waals surface area contributed by atoms with Gasteiger partial charge in [-0.3, -0.25) is 9.59 Å². The molecule has 1 unspecified atom stereocenters. The standard InChI is InChI=1S/C14H13F3O3/c1-2-5-20-13(19)14(12(16)17)7-8-6-9(15)3-4-10(8)11(14)18/h3-4,6,12H,2,5,7H2,1H3. The minimum absolute atomic E-state index is 0.0364. The SMILES string of the molecule is CCCOC(=O)C1(C(F)F)Cc2cc(F)ccc2C1=O. The van der Waals surface area contributed by atoms with E-state index < -0.39 is 35.8 Å². The lowest BCUT2D eigenvalue weighted by atomic mass is 9.84. The summed E-state index contributed by atoms with van der Waals surface area (Å²) in [5.74, 6) is -2.87. The van der Waals surface area contributed by atoms with Gasteiger partial charge in [0.1, 0.15) is 5.82 Å². The second-order valence-electron chi connectivity index (χ2n) is 4.72. The minimum atomic E-state index is -3.20. The summed E-state index contributed by atoms with van der Waals surface area (Å²) in [6, 6.07) is 3.14. The van der Waals surface area contributed by atoms with Crippen LogP contribution in [0.25, 0.3) is 0 Å². The summed E-state index contributed by atoms with van der Waals surface area (Å²) >= 11 is 0. The number of carbonyl (C=O) groups is 2. The Kier molecular flexibility index (Phi) is 3.83. The van der Waals surface area contributed by atoms with Crippen LogP contribution in [0, 0.1) is 11.2 Å². The van der Waals surface area contributed by atoms with E-state index in [4.69, 9.17) is 4.74 Å². The lowest BCUT2D eigenvalue weighted by Gasteiger charge is -2.23. The quantitative estimate of drug-likeness (QED) is 0.631. The van der Waals surface area contributed by atoms with E-state index in [0.29, 0.717) is 6.42 Å². The molecule has 0 saturated carbocycles. The number of rotatable bonds is 4. The van der Waals surface area contributed by atoms with Crippen LogP contribution in [0.2, 0.25) is 0 Å². The van der Waals surface area contributed by atoms with Gasteiger partial charge in [-0.05, 0) is 30.2 Å². The van der Waals surface area contributed by atoms with Crippen LogP contribution >= 0.6 is 0 Å². The number of Topliss-reactive ketones (excluding diaryl/α,β-unsaturated/α-hetero) is 1. The Balaban J connectivity index is 2.42. The van der Waals surface area contributed by atoms with Crippen molar-refractivity contribution < 1.29 is 27.5 Å². The number of hydrogen-bond donors (Lipinski definition) is 0. The van der Waals surface area contributed by atoms with Crippen molar-refractivity contribution in [3.8, 4) is 0 Å². The third kappa shape index (κ3) is 2.09. The topological polar surface area (TPSA) is 43.4 Å². The highest BCUT2D eigenvalue weighted by molar-refractivity contribution is 6.16. The van der Waals surface area contributed by atoms with Crippen molar-refractivity contribution in [2.75, 3.05) is 6.61 Å². The Bertz CT molecular complexity index is 557. The van der Waals surface area contributed by atoms with Crippen molar-refractivity contribution in [3.05, 3.63) is 35.1 Å². The highest BCUT2D eigenvalue weighted by Crippen LogP contribution is 2.42.